The summed E-state index contributed by atoms with van der Waals surface area (Å²) in [5, 5.41) is 0. The lowest BCUT2D eigenvalue weighted by Crippen LogP contribution is -2.59. The van der Waals surface area contributed by atoms with E-state index in [1.54, 1.807) is 12.1 Å². The molecule has 1 aromatic carbocycles. The van der Waals surface area contributed by atoms with E-state index in [2.05, 4.69) is 21.4 Å². The molecular formula is C29H37F6NO4S2. The van der Waals surface area contributed by atoms with Crippen molar-refractivity contribution in [3.05, 3.63) is 35.9 Å². The fraction of sp³-hybridized carbons (Fsp3) is 0.690. The van der Waals surface area contributed by atoms with Gasteiger partial charge in [-0.05, 0) is 80.2 Å². The van der Waals surface area contributed by atoms with Crippen LogP contribution in [0, 0.1) is 23.2 Å². The summed E-state index contributed by atoms with van der Waals surface area (Å²) in [7, 11) is -2.66. The Balaban J connectivity index is 1.44. The normalized spacial score (nSPS) is 25.7. The molecule has 0 spiro atoms. The van der Waals surface area contributed by atoms with Gasteiger partial charge in [-0.3, -0.25) is 0 Å². The lowest BCUT2D eigenvalue weighted by molar-refractivity contribution is -0.394. The molecular weight excluding hydrogens is 604 g/mol. The fourth-order valence-electron chi connectivity index (χ4n) is 7.24. The first kappa shape index (κ1) is 33.2. The molecule has 236 valence electrons. The number of fused-ring (bicyclic) bond motifs is 2. The van der Waals surface area contributed by atoms with Crippen molar-refractivity contribution in [3.63, 3.8) is 0 Å². The Bertz CT molecular complexity index is 1320. The van der Waals surface area contributed by atoms with Gasteiger partial charge in [0.1, 0.15) is 6.79 Å². The summed E-state index contributed by atoms with van der Waals surface area (Å²) in [5.74, 6) is -0.0581. The van der Waals surface area contributed by atoms with Crippen LogP contribution in [0.4, 0.5) is 26.3 Å². The Morgan fingerprint density at radius 3 is 2.48 bits per heavy atom. The van der Waals surface area contributed by atoms with Crippen LogP contribution in [0.15, 0.2) is 40.3 Å². The first-order chi connectivity index (χ1) is 19.6. The summed E-state index contributed by atoms with van der Waals surface area (Å²) in [4.78, 5) is 4.30. The number of alkyl halides is 6. The average Bonchev–Trinajstić information content (AvgIpc) is 3.50. The maximum atomic E-state index is 13.7. The summed E-state index contributed by atoms with van der Waals surface area (Å²) in [5.41, 5.74) is -2.78. The zero-order valence-electron chi connectivity index (χ0n) is 23.9. The molecule has 2 aliphatic carbocycles. The van der Waals surface area contributed by atoms with E-state index in [0.29, 0.717) is 5.52 Å². The van der Waals surface area contributed by atoms with E-state index < -0.39 is 41.0 Å². The van der Waals surface area contributed by atoms with Crippen LogP contribution in [0.3, 0.4) is 0 Å². The van der Waals surface area contributed by atoms with Crippen molar-refractivity contribution < 1.29 is 44.2 Å². The molecule has 0 amide bonds. The Morgan fingerprint density at radius 2 is 1.83 bits per heavy atom. The van der Waals surface area contributed by atoms with Gasteiger partial charge in [0.05, 0.1) is 16.0 Å². The Labute approximate surface area is 246 Å². The van der Waals surface area contributed by atoms with Crippen molar-refractivity contribution >= 4 is 31.4 Å². The predicted octanol–water partition coefficient (Wildman–Crippen LogP) is 8.50. The molecule has 5 nitrogen and oxygen atoms in total. The maximum Gasteiger partial charge on any atom is 0.426 e. The van der Waals surface area contributed by atoms with Gasteiger partial charge >= 0.3 is 12.4 Å². The Morgan fingerprint density at radius 1 is 1.14 bits per heavy atom. The number of sulfone groups is 1. The summed E-state index contributed by atoms with van der Waals surface area (Å²) in [6, 6.07) is 7.24. The van der Waals surface area contributed by atoms with Gasteiger partial charge in [0.2, 0.25) is 14.2 Å². The number of ether oxygens (including phenoxy) is 2. The molecule has 42 heavy (non-hydrogen) atoms. The summed E-state index contributed by atoms with van der Waals surface area (Å²) < 4.78 is 118. The highest BCUT2D eigenvalue weighted by Crippen LogP contribution is 2.60. The number of para-hydroxylation sites is 1. The van der Waals surface area contributed by atoms with Crippen molar-refractivity contribution in [2.24, 2.45) is 23.2 Å². The summed E-state index contributed by atoms with van der Waals surface area (Å²) in [6.45, 7) is 2.91. The zero-order valence-corrected chi connectivity index (χ0v) is 25.5. The van der Waals surface area contributed by atoms with Crippen LogP contribution in [0.2, 0.25) is 0 Å². The summed E-state index contributed by atoms with van der Waals surface area (Å²) in [6.07, 6.45) is -6.77. The van der Waals surface area contributed by atoms with Crippen molar-refractivity contribution in [1.29, 1.82) is 0 Å². The number of benzene rings is 1. The van der Waals surface area contributed by atoms with Crippen LogP contribution in [-0.2, 0) is 19.3 Å². The highest BCUT2D eigenvalue weighted by atomic mass is 32.2. The lowest BCUT2D eigenvalue weighted by atomic mass is 9.60. The van der Waals surface area contributed by atoms with Gasteiger partial charge in [-0.2, -0.15) is 26.3 Å². The van der Waals surface area contributed by atoms with Crippen LogP contribution in [0.1, 0.15) is 65.2 Å². The monoisotopic (exact) mass is 641 g/mol. The minimum Gasteiger partial charge on any atom is -0.359 e. The van der Waals surface area contributed by atoms with E-state index >= 15 is 0 Å². The minimum absolute atomic E-state index is 0.0836. The number of thiazole rings is 1. The molecule has 1 aromatic heterocycles. The largest absolute Gasteiger partial charge is 0.426 e. The average molecular weight is 642 g/mol. The van der Waals surface area contributed by atoms with Gasteiger partial charge < -0.3 is 9.47 Å². The number of hydrogen-bond donors (Lipinski definition) is 0. The molecule has 2 fully saturated rings. The van der Waals surface area contributed by atoms with Gasteiger partial charge in [-0.1, -0.05) is 44.1 Å². The molecule has 2 aliphatic rings. The van der Waals surface area contributed by atoms with E-state index in [0.717, 1.165) is 60.8 Å². The number of hydrogen-bond acceptors (Lipinski definition) is 6. The van der Waals surface area contributed by atoms with Crippen molar-refractivity contribution in [3.8, 4) is 0 Å². The second-order valence-corrected chi connectivity index (χ2v) is 15.1. The molecule has 13 heteroatoms. The van der Waals surface area contributed by atoms with Gasteiger partial charge in [0.15, 0.2) is 0 Å². The van der Waals surface area contributed by atoms with Gasteiger partial charge in [-0.15, -0.1) is 11.3 Å². The van der Waals surface area contributed by atoms with Crippen molar-refractivity contribution in [1.82, 2.24) is 4.98 Å². The van der Waals surface area contributed by atoms with E-state index in [1.165, 1.54) is 0 Å². The van der Waals surface area contributed by atoms with Crippen molar-refractivity contribution in [2.45, 2.75) is 87.5 Å². The van der Waals surface area contributed by atoms with Gasteiger partial charge in [-0.25, -0.2) is 13.4 Å². The van der Waals surface area contributed by atoms with Crippen LogP contribution >= 0.6 is 11.3 Å². The molecule has 1 heterocycles. The Hall–Kier alpha value is -1.70. The number of aromatic nitrogens is 1. The SMILES string of the molecule is COCOC(CCC[C@@H](C)[C@H]1CC[C@H]2C(=CCS(=O)(=O)c3nc4ccccc4s3)CCC[C@]12C)(C(F)(F)F)C(F)(F)F. The number of rotatable bonds is 11. The minimum atomic E-state index is -5.65. The molecule has 0 aliphatic heterocycles. The highest BCUT2D eigenvalue weighted by Gasteiger charge is 2.71. The van der Waals surface area contributed by atoms with Crippen LogP contribution < -0.4 is 0 Å². The lowest BCUT2D eigenvalue weighted by Gasteiger charge is -2.44. The summed E-state index contributed by atoms with van der Waals surface area (Å²) >= 11 is 1.15. The first-order valence-electron chi connectivity index (χ1n) is 14.1. The number of allylic oxidation sites excluding steroid dienone is 1. The third kappa shape index (κ3) is 6.39. The van der Waals surface area contributed by atoms with Gasteiger partial charge in [0.25, 0.3) is 5.60 Å². The molecule has 4 atom stereocenters. The standard InChI is InChI=1S/C29H37F6NO4S2/c1-19(8-6-16-27(28(30,31)32,29(33,34)35)40-18-39-3)21-12-13-22-20(9-7-15-26(21,22)2)14-17-42(37,38)25-36-23-10-4-5-11-24(23)41-25/h4-5,10-11,14,19,21-22H,6-9,12-13,15-18H2,1-3H3/t19-,21-,22+,26-/m1/s1. The quantitative estimate of drug-likeness (QED) is 0.140. The van der Waals surface area contributed by atoms with Crippen LogP contribution in [0.5, 0.6) is 0 Å². The number of nitrogens with zero attached hydrogens (tertiary/aromatic N) is 1. The molecule has 2 saturated carbocycles. The van der Waals surface area contributed by atoms with E-state index in [4.69, 9.17) is 0 Å². The first-order valence-corrected chi connectivity index (χ1v) is 16.6. The van der Waals surface area contributed by atoms with E-state index in [1.807, 2.05) is 25.1 Å². The number of methoxy groups -OCH3 is 1. The molecule has 0 bridgehead atoms. The second-order valence-electron chi connectivity index (χ2n) is 11.8. The van der Waals surface area contributed by atoms with Crippen LogP contribution in [-0.4, -0.2) is 51.0 Å². The third-order valence-electron chi connectivity index (χ3n) is 9.36. The fourth-order valence-corrected chi connectivity index (χ4v) is 9.74. The smallest absolute Gasteiger partial charge is 0.359 e. The highest BCUT2D eigenvalue weighted by molar-refractivity contribution is 7.93. The molecule has 2 aromatic rings. The molecule has 0 N–H and O–H groups in total. The van der Waals surface area contributed by atoms with Crippen LogP contribution in [0.25, 0.3) is 10.2 Å². The molecule has 0 saturated heterocycles. The zero-order chi connectivity index (χ0) is 31.0. The molecule has 0 radical (unpaired) electrons. The topological polar surface area (TPSA) is 65.5 Å². The van der Waals surface area contributed by atoms with Crippen molar-refractivity contribution in [2.75, 3.05) is 19.7 Å². The predicted molar refractivity (Wildman–Crippen MR) is 149 cm³/mol. The third-order valence-corrected chi connectivity index (χ3v) is 12.4. The number of halogens is 6. The van der Waals surface area contributed by atoms with Gasteiger partial charge in [0, 0.05) is 7.11 Å². The Kier molecular flexibility index (Phi) is 9.77. The second kappa shape index (κ2) is 12.4. The van der Waals surface area contributed by atoms with E-state index in [9.17, 15) is 34.8 Å². The maximum absolute atomic E-state index is 13.7. The molecule has 4 rings (SSSR count). The van der Waals surface area contributed by atoms with E-state index in [-0.39, 0.29) is 46.1 Å². The molecule has 0 unspecified atom stereocenters.